The predicted molar refractivity (Wildman–Crippen MR) is 53.0 cm³/mol. The number of rotatable bonds is 3. The van der Waals surface area contributed by atoms with Gasteiger partial charge in [0.2, 0.25) is 0 Å². The first-order valence-corrected chi connectivity index (χ1v) is 4.35. The number of methoxy groups -OCH3 is 1. The van der Waals surface area contributed by atoms with Gasteiger partial charge in [0, 0.05) is 5.57 Å². The van der Waals surface area contributed by atoms with Gasteiger partial charge in [-0.1, -0.05) is 12.2 Å². The van der Waals surface area contributed by atoms with Gasteiger partial charge in [-0.25, -0.2) is 0 Å². The number of carbonyl (C=O) groups excluding carboxylic acids is 3. The molecule has 78 valence electrons. The molecule has 0 aromatic carbocycles. The van der Waals surface area contributed by atoms with E-state index in [1.165, 1.54) is 37.5 Å². The first-order chi connectivity index (χ1) is 7.13. The number of hydrogen-bond acceptors (Lipinski definition) is 4. The van der Waals surface area contributed by atoms with Crippen molar-refractivity contribution in [1.29, 1.82) is 0 Å². The van der Waals surface area contributed by atoms with Gasteiger partial charge in [-0.2, -0.15) is 0 Å². The fourth-order valence-corrected chi connectivity index (χ4v) is 1.02. The highest BCUT2D eigenvalue weighted by atomic mass is 16.5. The quantitative estimate of drug-likeness (QED) is 0.504. The van der Waals surface area contributed by atoms with Gasteiger partial charge in [-0.15, -0.1) is 0 Å². The van der Waals surface area contributed by atoms with Crippen LogP contribution in [0.25, 0.3) is 0 Å². The molecule has 0 saturated heterocycles. The fraction of sp³-hybridized carbons (Fsp3) is 0.182. The second-order valence-corrected chi connectivity index (χ2v) is 2.88. The molecule has 0 heterocycles. The van der Waals surface area contributed by atoms with E-state index in [2.05, 4.69) is 4.74 Å². The Hall–Kier alpha value is -1.97. The SMILES string of the molecule is COC(=O)C/C=C/C1=CC(=O)C=CC1=O. The van der Waals surface area contributed by atoms with Crippen LogP contribution in [0.2, 0.25) is 0 Å². The molecule has 4 nitrogen and oxygen atoms in total. The monoisotopic (exact) mass is 206 g/mol. The van der Waals surface area contributed by atoms with Crippen LogP contribution in [0.5, 0.6) is 0 Å². The average Bonchev–Trinajstić information content (AvgIpc) is 2.23. The van der Waals surface area contributed by atoms with Gasteiger partial charge < -0.3 is 4.74 Å². The van der Waals surface area contributed by atoms with E-state index in [1.807, 2.05) is 0 Å². The third-order valence-electron chi connectivity index (χ3n) is 1.79. The van der Waals surface area contributed by atoms with Crippen molar-refractivity contribution in [3.63, 3.8) is 0 Å². The Morgan fingerprint density at radius 3 is 2.80 bits per heavy atom. The third kappa shape index (κ3) is 3.34. The Morgan fingerprint density at radius 2 is 2.13 bits per heavy atom. The summed E-state index contributed by atoms with van der Waals surface area (Å²) in [6.07, 6.45) is 6.66. The van der Waals surface area contributed by atoms with Crippen LogP contribution in [0.3, 0.4) is 0 Å². The van der Waals surface area contributed by atoms with Crippen LogP contribution < -0.4 is 0 Å². The van der Waals surface area contributed by atoms with Crippen LogP contribution in [0.1, 0.15) is 6.42 Å². The summed E-state index contributed by atoms with van der Waals surface area (Å²) in [7, 11) is 1.29. The van der Waals surface area contributed by atoms with Crippen molar-refractivity contribution < 1.29 is 19.1 Å². The summed E-state index contributed by atoms with van der Waals surface area (Å²) in [5.41, 5.74) is 0.284. The zero-order valence-electron chi connectivity index (χ0n) is 8.23. The van der Waals surface area contributed by atoms with Crippen LogP contribution >= 0.6 is 0 Å². The van der Waals surface area contributed by atoms with Crippen molar-refractivity contribution in [2.75, 3.05) is 7.11 Å². The van der Waals surface area contributed by atoms with Crippen molar-refractivity contribution in [3.05, 3.63) is 36.0 Å². The number of allylic oxidation sites excluding steroid dienone is 5. The normalized spacial score (nSPS) is 15.7. The highest BCUT2D eigenvalue weighted by Gasteiger charge is 2.09. The molecule has 0 bridgehead atoms. The van der Waals surface area contributed by atoms with E-state index < -0.39 is 5.97 Å². The van der Waals surface area contributed by atoms with Crippen molar-refractivity contribution in [3.8, 4) is 0 Å². The van der Waals surface area contributed by atoms with Crippen LogP contribution in [-0.4, -0.2) is 24.6 Å². The fourth-order valence-electron chi connectivity index (χ4n) is 1.02. The number of ketones is 2. The second kappa shape index (κ2) is 5.05. The van der Waals surface area contributed by atoms with Gasteiger partial charge in [0.25, 0.3) is 0 Å². The maximum absolute atomic E-state index is 11.2. The zero-order valence-corrected chi connectivity index (χ0v) is 8.23. The van der Waals surface area contributed by atoms with Gasteiger partial charge in [0.1, 0.15) is 0 Å². The topological polar surface area (TPSA) is 60.4 Å². The van der Waals surface area contributed by atoms with E-state index in [9.17, 15) is 14.4 Å². The summed E-state index contributed by atoms with van der Waals surface area (Å²) < 4.78 is 4.41. The Labute approximate surface area is 86.9 Å². The molecule has 0 atom stereocenters. The molecular weight excluding hydrogens is 196 g/mol. The van der Waals surface area contributed by atoms with Gasteiger partial charge in [0.15, 0.2) is 11.6 Å². The van der Waals surface area contributed by atoms with Gasteiger partial charge in [-0.05, 0) is 18.2 Å². The molecule has 0 radical (unpaired) electrons. The molecule has 0 aromatic heterocycles. The summed E-state index contributed by atoms with van der Waals surface area (Å²) in [6, 6.07) is 0. The maximum atomic E-state index is 11.2. The highest BCUT2D eigenvalue weighted by molar-refractivity contribution is 6.18. The van der Waals surface area contributed by atoms with Crippen LogP contribution in [0.15, 0.2) is 36.0 Å². The lowest BCUT2D eigenvalue weighted by atomic mass is 10.0. The molecule has 0 unspecified atom stereocenters. The third-order valence-corrected chi connectivity index (χ3v) is 1.79. The summed E-state index contributed by atoms with van der Waals surface area (Å²) in [6.45, 7) is 0. The van der Waals surface area contributed by atoms with Gasteiger partial charge >= 0.3 is 5.97 Å². The van der Waals surface area contributed by atoms with Crippen LogP contribution in [-0.2, 0) is 19.1 Å². The summed E-state index contributed by atoms with van der Waals surface area (Å²) in [4.78, 5) is 32.9. The molecule has 0 saturated carbocycles. The molecule has 0 spiro atoms. The Bertz CT molecular complexity index is 385. The van der Waals surface area contributed by atoms with E-state index in [1.54, 1.807) is 0 Å². The molecule has 15 heavy (non-hydrogen) atoms. The first-order valence-electron chi connectivity index (χ1n) is 4.35. The van der Waals surface area contributed by atoms with Crippen molar-refractivity contribution >= 4 is 17.5 Å². The number of ether oxygens (including phenoxy) is 1. The maximum Gasteiger partial charge on any atom is 0.309 e. The van der Waals surface area contributed by atoms with Gasteiger partial charge in [-0.3, -0.25) is 14.4 Å². The lowest BCUT2D eigenvalue weighted by Gasteiger charge is -2.00. The standard InChI is InChI=1S/C11H10O4/c1-15-11(14)4-2-3-8-7-9(12)5-6-10(8)13/h2-3,5-7H,4H2,1H3/b3-2+. The molecule has 0 aromatic rings. The smallest absolute Gasteiger partial charge is 0.309 e. The molecule has 0 N–H and O–H groups in total. The molecule has 1 rings (SSSR count). The Balaban J connectivity index is 2.62. The molecule has 0 fully saturated rings. The van der Waals surface area contributed by atoms with E-state index in [0.717, 1.165) is 0 Å². The molecule has 0 amide bonds. The van der Waals surface area contributed by atoms with E-state index in [-0.39, 0.29) is 23.6 Å². The minimum atomic E-state index is -0.392. The van der Waals surface area contributed by atoms with Crippen LogP contribution in [0.4, 0.5) is 0 Å². The van der Waals surface area contributed by atoms with E-state index >= 15 is 0 Å². The van der Waals surface area contributed by atoms with E-state index in [0.29, 0.717) is 0 Å². The predicted octanol–water partition coefficient (Wildman–Crippen LogP) is 0.740. The lowest BCUT2D eigenvalue weighted by molar-refractivity contribution is -0.139. The molecular formula is C11H10O4. The number of esters is 1. The summed E-state index contributed by atoms with van der Waals surface area (Å²) >= 11 is 0. The largest absolute Gasteiger partial charge is 0.469 e. The Morgan fingerprint density at radius 1 is 1.40 bits per heavy atom. The number of hydrogen-bond donors (Lipinski definition) is 0. The van der Waals surface area contributed by atoms with Crippen LogP contribution in [0, 0.1) is 0 Å². The summed E-state index contributed by atoms with van der Waals surface area (Å²) in [5.74, 6) is -0.861. The summed E-state index contributed by atoms with van der Waals surface area (Å²) in [5, 5.41) is 0. The van der Waals surface area contributed by atoms with Gasteiger partial charge in [0.05, 0.1) is 13.5 Å². The Kier molecular flexibility index (Phi) is 3.74. The molecule has 1 aliphatic carbocycles. The minimum Gasteiger partial charge on any atom is -0.469 e. The molecule has 1 aliphatic rings. The molecule has 0 aliphatic heterocycles. The molecule has 4 heteroatoms. The first kappa shape index (κ1) is 11.1. The lowest BCUT2D eigenvalue weighted by Crippen LogP contribution is -2.05. The van der Waals surface area contributed by atoms with E-state index in [4.69, 9.17) is 0 Å². The zero-order chi connectivity index (χ0) is 11.3. The van der Waals surface area contributed by atoms with Crippen molar-refractivity contribution in [2.24, 2.45) is 0 Å². The van der Waals surface area contributed by atoms with Crippen molar-refractivity contribution in [2.45, 2.75) is 6.42 Å². The number of carbonyl (C=O) groups is 3. The average molecular weight is 206 g/mol. The van der Waals surface area contributed by atoms with Crippen molar-refractivity contribution in [1.82, 2.24) is 0 Å². The second-order valence-electron chi connectivity index (χ2n) is 2.88. The highest BCUT2D eigenvalue weighted by Crippen LogP contribution is 2.07. The minimum absolute atomic E-state index is 0.0824.